The number of carbonyl (C=O) groups is 1. The number of hydrogen-bond acceptors (Lipinski definition) is 1. The Hall–Kier alpha value is -3.80. The molecule has 0 aliphatic rings. The van der Waals surface area contributed by atoms with E-state index in [-0.39, 0.29) is 16.7 Å². The minimum Gasteiger partial charge on any atom is -0.319 e. The van der Waals surface area contributed by atoms with Crippen molar-refractivity contribution in [3.63, 3.8) is 0 Å². The van der Waals surface area contributed by atoms with E-state index in [1.54, 1.807) is 0 Å². The Morgan fingerprint density at radius 1 is 0.900 bits per heavy atom. The first-order chi connectivity index (χ1) is 14.1. The van der Waals surface area contributed by atoms with Gasteiger partial charge in [-0.15, -0.1) is 0 Å². The summed E-state index contributed by atoms with van der Waals surface area (Å²) >= 11 is 0. The molecule has 0 aliphatic heterocycles. The maximum absolute atomic E-state index is 13.8. The minimum atomic E-state index is -4.82. The number of halogens is 6. The average molecular weight is 420 g/mol. The number of carbonyl (C=O) groups excluding carboxylic acids is 1. The monoisotopic (exact) mass is 420 g/mol. The van der Waals surface area contributed by atoms with Crippen LogP contribution in [0.1, 0.15) is 15.9 Å². The van der Waals surface area contributed by atoms with Crippen LogP contribution in [0.4, 0.5) is 37.7 Å². The maximum Gasteiger partial charge on any atom is 0.407 e. The Balaban J connectivity index is 2.08. The molecule has 0 aromatic heterocycles. The Bertz CT molecular complexity index is 1180. The van der Waals surface area contributed by atoms with Gasteiger partial charge in [-0.05, 0) is 35.4 Å². The molecule has 3 rings (SSSR count). The fourth-order valence-electron chi connectivity index (χ4n) is 2.76. The Morgan fingerprint density at radius 3 is 2.20 bits per heavy atom. The van der Waals surface area contributed by atoms with Crippen molar-refractivity contribution >= 4 is 17.3 Å². The fourth-order valence-corrected chi connectivity index (χ4v) is 2.76. The van der Waals surface area contributed by atoms with E-state index in [9.17, 15) is 31.1 Å². The zero-order chi connectivity index (χ0) is 22.1. The molecule has 1 amide bonds. The van der Waals surface area contributed by atoms with Crippen molar-refractivity contribution in [2.75, 3.05) is 5.32 Å². The molecule has 152 valence electrons. The molecule has 0 aliphatic carbocycles. The van der Waals surface area contributed by atoms with Gasteiger partial charge in [-0.2, -0.15) is 13.2 Å². The summed E-state index contributed by atoms with van der Waals surface area (Å²) in [6.07, 6.45) is -4.82. The number of benzene rings is 3. The average Bonchev–Trinajstić information content (AvgIpc) is 2.69. The molecular weight excluding hydrogens is 410 g/mol. The second-order valence-electron chi connectivity index (χ2n) is 6.11. The Kier molecular flexibility index (Phi) is 5.52. The van der Waals surface area contributed by atoms with E-state index < -0.39 is 46.5 Å². The summed E-state index contributed by atoms with van der Waals surface area (Å²) in [7, 11) is 0. The van der Waals surface area contributed by atoms with E-state index >= 15 is 0 Å². The first kappa shape index (κ1) is 20.9. The highest BCUT2D eigenvalue weighted by atomic mass is 19.4. The van der Waals surface area contributed by atoms with Gasteiger partial charge in [0.1, 0.15) is 17.5 Å². The largest absolute Gasteiger partial charge is 0.407 e. The van der Waals surface area contributed by atoms with Crippen molar-refractivity contribution in [1.82, 2.24) is 0 Å². The van der Waals surface area contributed by atoms with Gasteiger partial charge in [-0.3, -0.25) is 4.79 Å². The SMILES string of the molecule is [C-]#[N+]c1ccc(-c2ccc(F)cc2C(=O)Nc2ccc(F)cc2F)cc1C(F)(F)F. The van der Waals surface area contributed by atoms with Crippen LogP contribution >= 0.6 is 0 Å². The third-order valence-corrected chi connectivity index (χ3v) is 4.14. The molecule has 3 nitrogen and oxygen atoms in total. The first-order valence-electron chi connectivity index (χ1n) is 8.25. The molecule has 0 fully saturated rings. The predicted molar refractivity (Wildman–Crippen MR) is 97.4 cm³/mol. The molecule has 3 aromatic rings. The molecule has 1 N–H and O–H groups in total. The molecule has 9 heteroatoms. The fraction of sp³-hybridized carbons (Fsp3) is 0.0476. The molecule has 0 heterocycles. The standard InChI is InChI=1S/C21H10F6N2O/c1-28-18-6-2-11(8-16(18)21(25,26)27)14-5-3-12(22)9-15(14)20(30)29-19-7-4-13(23)10-17(19)24/h2-10H,(H,29,30). The van der Waals surface area contributed by atoms with Gasteiger partial charge in [0.15, 0.2) is 5.69 Å². The number of alkyl halides is 3. The summed E-state index contributed by atoms with van der Waals surface area (Å²) < 4.78 is 80.4. The van der Waals surface area contributed by atoms with E-state index in [2.05, 4.69) is 10.2 Å². The van der Waals surface area contributed by atoms with Crippen LogP contribution in [-0.2, 0) is 6.18 Å². The van der Waals surface area contributed by atoms with Crippen LogP contribution in [0, 0.1) is 24.0 Å². The number of amides is 1. The van der Waals surface area contributed by atoms with E-state index in [4.69, 9.17) is 6.57 Å². The number of rotatable bonds is 3. The van der Waals surface area contributed by atoms with Gasteiger partial charge in [0.2, 0.25) is 0 Å². The van der Waals surface area contributed by atoms with Crippen molar-refractivity contribution in [2.24, 2.45) is 0 Å². The summed E-state index contributed by atoms with van der Waals surface area (Å²) in [4.78, 5) is 15.4. The van der Waals surface area contributed by atoms with Crippen LogP contribution < -0.4 is 5.32 Å². The molecule has 3 aromatic carbocycles. The van der Waals surface area contributed by atoms with Crippen LogP contribution in [0.15, 0.2) is 54.6 Å². The smallest absolute Gasteiger partial charge is 0.319 e. The lowest BCUT2D eigenvalue weighted by molar-refractivity contribution is -0.136. The van der Waals surface area contributed by atoms with Gasteiger partial charge in [0, 0.05) is 6.07 Å². The van der Waals surface area contributed by atoms with Crippen molar-refractivity contribution in [3.8, 4) is 11.1 Å². The second-order valence-corrected chi connectivity index (χ2v) is 6.11. The minimum absolute atomic E-state index is 0.0709. The van der Waals surface area contributed by atoms with E-state index in [1.165, 1.54) is 6.07 Å². The molecule has 0 unspecified atom stereocenters. The van der Waals surface area contributed by atoms with Gasteiger partial charge in [-0.25, -0.2) is 18.0 Å². The zero-order valence-electron chi connectivity index (χ0n) is 14.8. The summed E-state index contributed by atoms with van der Waals surface area (Å²) in [5, 5.41) is 2.14. The molecule has 0 bridgehead atoms. The van der Waals surface area contributed by atoms with Crippen molar-refractivity contribution in [1.29, 1.82) is 0 Å². The third-order valence-electron chi connectivity index (χ3n) is 4.14. The molecule has 0 saturated heterocycles. The van der Waals surface area contributed by atoms with Gasteiger partial charge < -0.3 is 5.32 Å². The second kappa shape index (κ2) is 7.91. The number of nitrogens with zero attached hydrogens (tertiary/aromatic N) is 1. The molecule has 0 atom stereocenters. The van der Waals surface area contributed by atoms with E-state index in [0.29, 0.717) is 12.1 Å². The number of hydrogen-bond donors (Lipinski definition) is 1. The molecule has 0 spiro atoms. The quantitative estimate of drug-likeness (QED) is 0.376. The third kappa shape index (κ3) is 4.27. The summed E-state index contributed by atoms with van der Waals surface area (Å²) in [6.45, 7) is 6.89. The van der Waals surface area contributed by atoms with Crippen LogP contribution in [0.5, 0.6) is 0 Å². The zero-order valence-corrected chi connectivity index (χ0v) is 14.8. The lowest BCUT2D eigenvalue weighted by Crippen LogP contribution is -2.15. The molecule has 0 radical (unpaired) electrons. The van der Waals surface area contributed by atoms with E-state index in [1.807, 2.05) is 0 Å². The summed E-state index contributed by atoms with van der Waals surface area (Å²) in [5.74, 6) is -3.83. The summed E-state index contributed by atoms with van der Waals surface area (Å²) in [5.41, 5.74) is -2.78. The molecular formula is C21H10F6N2O. The van der Waals surface area contributed by atoms with Gasteiger partial charge >= 0.3 is 6.18 Å². The van der Waals surface area contributed by atoms with Crippen LogP contribution in [0.3, 0.4) is 0 Å². The van der Waals surface area contributed by atoms with Gasteiger partial charge in [0.25, 0.3) is 5.91 Å². The highest BCUT2D eigenvalue weighted by molar-refractivity contribution is 6.08. The van der Waals surface area contributed by atoms with Gasteiger partial charge in [-0.1, -0.05) is 24.3 Å². The van der Waals surface area contributed by atoms with Crippen molar-refractivity contribution < 1.29 is 31.1 Å². The molecule has 0 saturated carbocycles. The highest BCUT2D eigenvalue weighted by Gasteiger charge is 2.34. The van der Waals surface area contributed by atoms with Gasteiger partial charge in [0.05, 0.1) is 23.4 Å². The first-order valence-corrected chi connectivity index (χ1v) is 8.25. The van der Waals surface area contributed by atoms with Crippen molar-refractivity contribution in [2.45, 2.75) is 6.18 Å². The number of anilines is 1. The maximum atomic E-state index is 13.8. The van der Waals surface area contributed by atoms with Crippen molar-refractivity contribution in [3.05, 3.63) is 94.6 Å². The van der Waals surface area contributed by atoms with Crippen LogP contribution in [0.2, 0.25) is 0 Å². The normalized spacial score (nSPS) is 11.1. The molecule has 30 heavy (non-hydrogen) atoms. The van der Waals surface area contributed by atoms with Crippen LogP contribution in [0.25, 0.3) is 16.0 Å². The number of nitrogens with one attached hydrogen (secondary N) is 1. The lowest BCUT2D eigenvalue weighted by atomic mass is 9.96. The Labute approximate surface area is 166 Å². The predicted octanol–water partition coefficient (Wildman–Crippen LogP) is 6.59. The Morgan fingerprint density at radius 2 is 1.57 bits per heavy atom. The van der Waals surface area contributed by atoms with E-state index in [0.717, 1.165) is 36.4 Å². The highest BCUT2D eigenvalue weighted by Crippen LogP contribution is 2.39. The van der Waals surface area contributed by atoms with Crippen LogP contribution in [-0.4, -0.2) is 5.91 Å². The summed E-state index contributed by atoms with van der Waals surface area (Å²) in [6, 6.07) is 8.00. The topological polar surface area (TPSA) is 33.5 Å². The lowest BCUT2D eigenvalue weighted by Gasteiger charge is -2.14.